The Balaban J connectivity index is 2.64. The average molecular weight is 198 g/mol. The smallest absolute Gasteiger partial charge is 0.180 e. The molecule has 1 rings (SSSR count). The van der Waals surface area contributed by atoms with Gasteiger partial charge in [-0.05, 0) is 0 Å². The number of carbonyl (C=O) groups is 1. The first-order valence-electron chi connectivity index (χ1n) is 3.76. The van der Waals surface area contributed by atoms with E-state index in [4.69, 9.17) is 16.9 Å². The summed E-state index contributed by atoms with van der Waals surface area (Å²) in [7, 11) is 0. The quantitative estimate of drug-likeness (QED) is 0.539. The van der Waals surface area contributed by atoms with Crippen molar-refractivity contribution in [1.29, 1.82) is 5.26 Å². The number of hydrogen-bond donors (Lipinski definition) is 0. The van der Waals surface area contributed by atoms with E-state index in [1.807, 2.05) is 6.07 Å². The molecular weight excluding hydrogens is 190 g/mol. The van der Waals surface area contributed by atoms with Gasteiger partial charge in [0.15, 0.2) is 5.78 Å². The van der Waals surface area contributed by atoms with E-state index in [1.165, 1.54) is 6.20 Å². The van der Waals surface area contributed by atoms with E-state index >= 15 is 0 Å². The Morgan fingerprint density at radius 1 is 1.77 bits per heavy atom. The highest BCUT2D eigenvalue weighted by Gasteiger charge is 2.06. The molecule has 0 aliphatic rings. The second-order valence-electron chi connectivity index (χ2n) is 2.46. The standard InChI is InChI=1S/C8H8ClN3O/c9-4-8(13)7-5-11-12(6-7)3-1-2-10/h5-6H,1,3-4H2. The zero-order valence-corrected chi connectivity index (χ0v) is 7.66. The molecule has 0 aliphatic carbocycles. The van der Waals surface area contributed by atoms with Crippen LogP contribution in [0.2, 0.25) is 0 Å². The molecular formula is C8H8ClN3O. The third-order valence-electron chi connectivity index (χ3n) is 1.53. The SMILES string of the molecule is N#CCCn1cc(C(=O)CCl)cn1. The van der Waals surface area contributed by atoms with E-state index in [9.17, 15) is 4.79 Å². The lowest BCUT2D eigenvalue weighted by atomic mass is 10.3. The number of hydrogen-bond acceptors (Lipinski definition) is 3. The lowest BCUT2D eigenvalue weighted by Gasteiger charge is -1.93. The van der Waals surface area contributed by atoms with Crippen molar-refractivity contribution in [2.75, 3.05) is 5.88 Å². The predicted octanol–water partition coefficient (Wildman–Crippen LogP) is 1.22. The summed E-state index contributed by atoms with van der Waals surface area (Å²) in [5, 5.41) is 12.2. The number of halogens is 1. The van der Waals surface area contributed by atoms with Gasteiger partial charge in [-0.3, -0.25) is 9.48 Å². The molecule has 0 amide bonds. The van der Waals surface area contributed by atoms with E-state index < -0.39 is 0 Å². The molecule has 0 unspecified atom stereocenters. The van der Waals surface area contributed by atoms with Crippen LogP contribution in [0.25, 0.3) is 0 Å². The van der Waals surface area contributed by atoms with Crippen molar-refractivity contribution in [3.05, 3.63) is 18.0 Å². The zero-order valence-electron chi connectivity index (χ0n) is 6.90. The second-order valence-corrected chi connectivity index (χ2v) is 2.72. The van der Waals surface area contributed by atoms with Gasteiger partial charge < -0.3 is 0 Å². The van der Waals surface area contributed by atoms with Crippen LogP contribution in [-0.2, 0) is 6.54 Å². The first-order valence-corrected chi connectivity index (χ1v) is 4.30. The van der Waals surface area contributed by atoms with Gasteiger partial charge in [0, 0.05) is 6.20 Å². The fourth-order valence-corrected chi connectivity index (χ4v) is 1.03. The van der Waals surface area contributed by atoms with Crippen LogP contribution in [0.1, 0.15) is 16.8 Å². The highest BCUT2D eigenvalue weighted by atomic mass is 35.5. The molecule has 4 nitrogen and oxygen atoms in total. The molecule has 0 fully saturated rings. The first-order chi connectivity index (χ1) is 6.27. The molecule has 0 atom stereocenters. The van der Waals surface area contributed by atoms with Crippen molar-refractivity contribution < 1.29 is 4.79 Å². The number of nitriles is 1. The fraction of sp³-hybridized carbons (Fsp3) is 0.375. The van der Waals surface area contributed by atoms with Crippen molar-refractivity contribution in [3.8, 4) is 6.07 Å². The Labute approximate surface area is 80.7 Å². The second kappa shape index (κ2) is 4.63. The van der Waals surface area contributed by atoms with Gasteiger partial charge in [0.2, 0.25) is 0 Å². The van der Waals surface area contributed by atoms with E-state index in [0.717, 1.165) is 0 Å². The minimum Gasteiger partial charge on any atom is -0.293 e. The molecule has 0 saturated carbocycles. The topological polar surface area (TPSA) is 58.7 Å². The number of carbonyl (C=O) groups excluding carboxylic acids is 1. The number of nitrogens with zero attached hydrogens (tertiary/aromatic N) is 3. The maximum Gasteiger partial charge on any atom is 0.180 e. The Morgan fingerprint density at radius 2 is 2.54 bits per heavy atom. The van der Waals surface area contributed by atoms with Crippen LogP contribution < -0.4 is 0 Å². The highest BCUT2D eigenvalue weighted by molar-refractivity contribution is 6.30. The Hall–Kier alpha value is -1.34. The van der Waals surface area contributed by atoms with E-state index in [2.05, 4.69) is 5.10 Å². The summed E-state index contributed by atoms with van der Waals surface area (Å²) in [6, 6.07) is 2.00. The molecule has 68 valence electrons. The van der Waals surface area contributed by atoms with Crippen LogP contribution in [0.5, 0.6) is 0 Å². The Kier molecular flexibility index (Phi) is 3.47. The van der Waals surface area contributed by atoms with Crippen LogP contribution in [-0.4, -0.2) is 21.4 Å². The fourth-order valence-electron chi connectivity index (χ4n) is 0.872. The maximum absolute atomic E-state index is 11.1. The minimum atomic E-state index is -0.148. The molecule has 0 saturated heterocycles. The van der Waals surface area contributed by atoms with Crippen molar-refractivity contribution in [3.63, 3.8) is 0 Å². The molecule has 5 heteroatoms. The summed E-state index contributed by atoms with van der Waals surface area (Å²) in [6.45, 7) is 0.506. The number of ketones is 1. The zero-order chi connectivity index (χ0) is 9.68. The van der Waals surface area contributed by atoms with Gasteiger partial charge in [0.05, 0.1) is 36.7 Å². The molecule has 1 heterocycles. The van der Waals surface area contributed by atoms with E-state index in [-0.39, 0.29) is 11.7 Å². The number of rotatable bonds is 4. The molecule has 0 N–H and O–H groups in total. The minimum absolute atomic E-state index is 0.0378. The van der Waals surface area contributed by atoms with Crippen LogP contribution in [0, 0.1) is 11.3 Å². The number of Topliss-reactive ketones (excluding diaryl/α,β-unsaturated/α-hetero) is 1. The van der Waals surface area contributed by atoms with Gasteiger partial charge in [-0.2, -0.15) is 10.4 Å². The summed E-state index contributed by atoms with van der Waals surface area (Å²) in [6.07, 6.45) is 3.44. The molecule has 1 aromatic rings. The van der Waals surface area contributed by atoms with Crippen LogP contribution >= 0.6 is 11.6 Å². The van der Waals surface area contributed by atoms with Crippen molar-refractivity contribution in [2.45, 2.75) is 13.0 Å². The van der Waals surface area contributed by atoms with Gasteiger partial charge in [-0.25, -0.2) is 0 Å². The van der Waals surface area contributed by atoms with Crippen molar-refractivity contribution >= 4 is 17.4 Å². The lowest BCUT2D eigenvalue weighted by molar-refractivity contribution is 0.102. The summed E-state index contributed by atoms with van der Waals surface area (Å²) in [5.41, 5.74) is 0.493. The average Bonchev–Trinajstić information content (AvgIpc) is 2.62. The van der Waals surface area contributed by atoms with Gasteiger partial charge in [0.1, 0.15) is 0 Å². The van der Waals surface area contributed by atoms with Crippen LogP contribution in [0.4, 0.5) is 0 Å². The number of alkyl halides is 1. The summed E-state index contributed by atoms with van der Waals surface area (Å²) < 4.78 is 1.56. The normalized spacial score (nSPS) is 9.54. The maximum atomic E-state index is 11.1. The third-order valence-corrected chi connectivity index (χ3v) is 1.77. The molecule has 0 spiro atoms. The Morgan fingerprint density at radius 3 is 3.15 bits per heavy atom. The van der Waals surface area contributed by atoms with Gasteiger partial charge >= 0.3 is 0 Å². The van der Waals surface area contributed by atoms with E-state index in [1.54, 1.807) is 10.9 Å². The molecule has 0 bridgehead atoms. The molecule has 0 aliphatic heterocycles. The summed E-state index contributed by atoms with van der Waals surface area (Å²) in [5.74, 6) is -0.186. The van der Waals surface area contributed by atoms with Gasteiger partial charge in [0.25, 0.3) is 0 Å². The number of aryl methyl sites for hydroxylation is 1. The molecule has 0 radical (unpaired) electrons. The number of aromatic nitrogens is 2. The summed E-state index contributed by atoms with van der Waals surface area (Å²) in [4.78, 5) is 11.1. The molecule has 0 aromatic carbocycles. The summed E-state index contributed by atoms with van der Waals surface area (Å²) >= 11 is 5.36. The van der Waals surface area contributed by atoms with Crippen molar-refractivity contribution in [2.24, 2.45) is 0 Å². The lowest BCUT2D eigenvalue weighted by Crippen LogP contribution is -1.99. The predicted molar refractivity (Wildman–Crippen MR) is 47.5 cm³/mol. The highest BCUT2D eigenvalue weighted by Crippen LogP contribution is 2.01. The third kappa shape index (κ3) is 2.56. The van der Waals surface area contributed by atoms with E-state index in [0.29, 0.717) is 18.5 Å². The first kappa shape index (κ1) is 9.75. The van der Waals surface area contributed by atoms with Crippen LogP contribution in [0.15, 0.2) is 12.4 Å². The van der Waals surface area contributed by atoms with Gasteiger partial charge in [-0.15, -0.1) is 11.6 Å². The van der Waals surface area contributed by atoms with Crippen molar-refractivity contribution in [1.82, 2.24) is 9.78 Å². The molecule has 13 heavy (non-hydrogen) atoms. The monoisotopic (exact) mass is 197 g/mol. The van der Waals surface area contributed by atoms with Gasteiger partial charge in [-0.1, -0.05) is 0 Å². The van der Waals surface area contributed by atoms with Crippen LogP contribution in [0.3, 0.4) is 0 Å². The molecule has 1 aromatic heterocycles. The Bertz CT molecular complexity index is 339. The largest absolute Gasteiger partial charge is 0.293 e.